The second kappa shape index (κ2) is 6.03. The van der Waals surface area contributed by atoms with Crippen molar-refractivity contribution in [3.63, 3.8) is 0 Å². The van der Waals surface area contributed by atoms with Crippen LogP contribution in [0.2, 0.25) is 5.02 Å². The Balaban J connectivity index is 2.25. The average Bonchev–Trinajstić information content (AvgIpc) is 2.92. The molecule has 1 aliphatic heterocycles. The van der Waals surface area contributed by atoms with Gasteiger partial charge in [-0.3, -0.25) is 4.79 Å². The molecule has 1 fully saturated rings. The fraction of sp³-hybridized carbons (Fsp3) is 0.385. The van der Waals surface area contributed by atoms with Crippen LogP contribution in [0.1, 0.15) is 23.2 Å². The van der Waals surface area contributed by atoms with Crippen molar-refractivity contribution in [3.05, 3.63) is 28.8 Å². The summed E-state index contributed by atoms with van der Waals surface area (Å²) in [5.41, 5.74) is -0.300. The van der Waals surface area contributed by atoms with E-state index in [-0.39, 0.29) is 15.5 Å². The first kappa shape index (κ1) is 15.8. The number of carbonyl (C=O) groups is 2. The van der Waals surface area contributed by atoms with Crippen molar-refractivity contribution in [1.82, 2.24) is 4.90 Å². The number of amides is 1. The molecule has 0 saturated carbocycles. The first-order valence-corrected chi connectivity index (χ1v) is 8.37. The van der Waals surface area contributed by atoms with Crippen molar-refractivity contribution in [2.24, 2.45) is 0 Å². The summed E-state index contributed by atoms with van der Waals surface area (Å²) in [5.74, 6) is -2.43. The lowest BCUT2D eigenvalue weighted by Crippen LogP contribution is -2.33. The lowest BCUT2D eigenvalue weighted by Gasteiger charge is -2.15. The van der Waals surface area contributed by atoms with Crippen LogP contribution in [0, 0.1) is 0 Å². The van der Waals surface area contributed by atoms with Crippen molar-refractivity contribution >= 4 is 33.3 Å². The zero-order chi connectivity index (χ0) is 15.6. The van der Waals surface area contributed by atoms with Gasteiger partial charge in [-0.1, -0.05) is 11.6 Å². The summed E-state index contributed by atoms with van der Waals surface area (Å²) >= 11 is 5.70. The highest BCUT2D eigenvalue weighted by atomic mass is 35.5. The van der Waals surface area contributed by atoms with E-state index in [1.165, 1.54) is 17.0 Å². The number of rotatable bonds is 4. The van der Waals surface area contributed by atoms with Crippen molar-refractivity contribution in [3.8, 4) is 0 Å². The third-order valence-electron chi connectivity index (χ3n) is 3.30. The van der Waals surface area contributed by atoms with Gasteiger partial charge < -0.3 is 10.0 Å². The maximum atomic E-state index is 12.2. The number of carboxylic acid groups (broad SMARTS) is 1. The van der Waals surface area contributed by atoms with E-state index in [0.29, 0.717) is 13.1 Å². The molecule has 1 heterocycles. The lowest BCUT2D eigenvalue weighted by atomic mass is 10.2. The molecule has 1 N–H and O–H groups in total. The van der Waals surface area contributed by atoms with Gasteiger partial charge in [-0.25, -0.2) is 13.2 Å². The van der Waals surface area contributed by atoms with E-state index < -0.39 is 27.5 Å². The highest BCUT2D eigenvalue weighted by Crippen LogP contribution is 2.22. The first-order valence-electron chi connectivity index (χ1n) is 6.34. The Labute approximate surface area is 127 Å². The monoisotopic (exact) mass is 331 g/mol. The molecule has 1 aromatic carbocycles. The molecule has 0 atom stereocenters. The van der Waals surface area contributed by atoms with E-state index in [0.717, 1.165) is 18.9 Å². The largest absolute Gasteiger partial charge is 0.478 e. The number of hydrogen-bond donors (Lipinski definition) is 1. The van der Waals surface area contributed by atoms with Crippen molar-refractivity contribution < 1.29 is 23.1 Å². The summed E-state index contributed by atoms with van der Waals surface area (Å²) < 4.78 is 24.4. The minimum atomic E-state index is -3.88. The summed E-state index contributed by atoms with van der Waals surface area (Å²) in [5, 5.41) is 8.91. The van der Waals surface area contributed by atoms with Crippen LogP contribution < -0.4 is 0 Å². The number of hydrogen-bond acceptors (Lipinski definition) is 4. The van der Waals surface area contributed by atoms with Crippen LogP contribution in [0.4, 0.5) is 0 Å². The second-order valence-corrected chi connectivity index (χ2v) is 7.19. The third-order valence-corrected chi connectivity index (χ3v) is 5.23. The number of sulfone groups is 1. The van der Waals surface area contributed by atoms with Gasteiger partial charge in [-0.05, 0) is 31.0 Å². The van der Waals surface area contributed by atoms with Crippen molar-refractivity contribution in [1.29, 1.82) is 0 Å². The predicted octanol–water partition coefficient (Wildman–Crippen LogP) is 1.43. The van der Waals surface area contributed by atoms with Gasteiger partial charge in [0.05, 0.1) is 15.5 Å². The maximum Gasteiger partial charge on any atom is 0.337 e. The maximum absolute atomic E-state index is 12.2. The van der Waals surface area contributed by atoms with Gasteiger partial charge in [0.2, 0.25) is 5.91 Å². The van der Waals surface area contributed by atoms with Gasteiger partial charge in [0.25, 0.3) is 0 Å². The SMILES string of the molecule is O=C(O)c1cc(S(=O)(=O)CC(=O)N2CCCC2)ccc1Cl. The Bertz CT molecular complexity index is 680. The van der Waals surface area contributed by atoms with E-state index in [4.69, 9.17) is 16.7 Å². The van der Waals surface area contributed by atoms with E-state index in [2.05, 4.69) is 0 Å². The standard InChI is InChI=1S/C13H14ClNO5S/c14-11-4-3-9(7-10(11)13(17)18)21(19,20)8-12(16)15-5-1-2-6-15/h3-4,7H,1-2,5-6,8H2,(H,17,18). The molecule has 21 heavy (non-hydrogen) atoms. The summed E-state index contributed by atoms with van der Waals surface area (Å²) in [6.45, 7) is 1.13. The molecule has 0 aliphatic carbocycles. The Morgan fingerprint density at radius 1 is 1.24 bits per heavy atom. The van der Waals surface area contributed by atoms with Gasteiger partial charge >= 0.3 is 5.97 Å². The summed E-state index contributed by atoms with van der Waals surface area (Å²) in [7, 11) is -3.88. The fourth-order valence-electron chi connectivity index (χ4n) is 2.17. The minimum absolute atomic E-state index is 0.0488. The molecule has 0 bridgehead atoms. The number of nitrogens with zero attached hydrogens (tertiary/aromatic N) is 1. The third kappa shape index (κ3) is 3.54. The quantitative estimate of drug-likeness (QED) is 0.901. The summed E-state index contributed by atoms with van der Waals surface area (Å²) in [6, 6.07) is 3.40. The Morgan fingerprint density at radius 2 is 1.86 bits per heavy atom. The molecule has 114 valence electrons. The Kier molecular flexibility index (Phi) is 4.53. The van der Waals surface area contributed by atoms with Gasteiger partial charge in [0.15, 0.2) is 9.84 Å². The molecule has 1 aromatic rings. The van der Waals surface area contributed by atoms with Crippen LogP contribution in [0.5, 0.6) is 0 Å². The van der Waals surface area contributed by atoms with E-state index in [1.807, 2.05) is 0 Å². The molecule has 1 amide bonds. The topological polar surface area (TPSA) is 91.7 Å². The molecular weight excluding hydrogens is 318 g/mol. The number of aromatic carboxylic acids is 1. The first-order chi connectivity index (χ1) is 9.81. The van der Waals surface area contributed by atoms with E-state index >= 15 is 0 Å². The van der Waals surface area contributed by atoms with Crippen LogP contribution in [0.15, 0.2) is 23.1 Å². The number of benzene rings is 1. The number of carbonyl (C=O) groups excluding carboxylic acids is 1. The van der Waals surface area contributed by atoms with Crippen molar-refractivity contribution in [2.45, 2.75) is 17.7 Å². The number of likely N-dealkylation sites (tertiary alicyclic amines) is 1. The molecule has 0 aromatic heterocycles. The molecule has 1 aliphatic rings. The van der Waals surface area contributed by atoms with Crippen LogP contribution in [-0.2, 0) is 14.6 Å². The van der Waals surface area contributed by atoms with Crippen LogP contribution >= 0.6 is 11.6 Å². The normalized spacial score (nSPS) is 15.2. The molecule has 0 radical (unpaired) electrons. The smallest absolute Gasteiger partial charge is 0.337 e. The van der Waals surface area contributed by atoms with Gasteiger partial charge in [-0.15, -0.1) is 0 Å². The van der Waals surface area contributed by atoms with E-state index in [1.54, 1.807) is 0 Å². The lowest BCUT2D eigenvalue weighted by molar-refractivity contribution is -0.127. The van der Waals surface area contributed by atoms with Crippen molar-refractivity contribution in [2.75, 3.05) is 18.8 Å². The Hall–Kier alpha value is -1.60. The van der Waals surface area contributed by atoms with Gasteiger partial charge in [0, 0.05) is 13.1 Å². The molecule has 0 spiro atoms. The zero-order valence-corrected chi connectivity index (χ0v) is 12.7. The zero-order valence-electron chi connectivity index (χ0n) is 11.1. The molecule has 1 saturated heterocycles. The van der Waals surface area contributed by atoms with Crippen LogP contribution in [0.25, 0.3) is 0 Å². The molecule has 2 rings (SSSR count). The van der Waals surface area contributed by atoms with Gasteiger partial charge in [-0.2, -0.15) is 0 Å². The molecule has 8 heteroatoms. The molecule has 6 nitrogen and oxygen atoms in total. The highest BCUT2D eigenvalue weighted by Gasteiger charge is 2.26. The molecular formula is C13H14ClNO5S. The fourth-order valence-corrected chi connectivity index (χ4v) is 3.61. The average molecular weight is 332 g/mol. The highest BCUT2D eigenvalue weighted by molar-refractivity contribution is 7.92. The second-order valence-electron chi connectivity index (χ2n) is 4.79. The number of carboxylic acids is 1. The summed E-state index contributed by atoms with van der Waals surface area (Å²) in [4.78, 5) is 24.2. The minimum Gasteiger partial charge on any atom is -0.478 e. The van der Waals surface area contributed by atoms with Gasteiger partial charge in [0.1, 0.15) is 5.75 Å². The van der Waals surface area contributed by atoms with Crippen LogP contribution in [-0.4, -0.2) is 49.1 Å². The summed E-state index contributed by atoms with van der Waals surface area (Å²) in [6.07, 6.45) is 1.74. The molecule has 0 unspecified atom stereocenters. The van der Waals surface area contributed by atoms with Crippen LogP contribution in [0.3, 0.4) is 0 Å². The van der Waals surface area contributed by atoms with E-state index in [9.17, 15) is 18.0 Å². The Morgan fingerprint density at radius 3 is 2.43 bits per heavy atom. The predicted molar refractivity (Wildman–Crippen MR) is 76.3 cm³/mol. The number of halogens is 1.